The molecule has 0 aliphatic rings. The molecule has 0 spiro atoms. The van der Waals surface area contributed by atoms with Gasteiger partial charge in [0.1, 0.15) is 5.76 Å². The molecule has 1 rings (SSSR count). The Bertz CT molecular complexity index is 191. The fourth-order valence-electron chi connectivity index (χ4n) is 0.639. The fourth-order valence-corrected chi connectivity index (χ4v) is 0.639. The van der Waals surface area contributed by atoms with Gasteiger partial charge in [0.15, 0.2) is 5.89 Å². The lowest BCUT2D eigenvalue weighted by atomic mass is 10.2. The van der Waals surface area contributed by atoms with Gasteiger partial charge in [0.2, 0.25) is 0 Å². The average molecular weight is 125 g/mol. The molecule has 0 saturated heterocycles. The minimum absolute atomic E-state index is 0.402. The number of aromatic nitrogens is 1. The van der Waals surface area contributed by atoms with Crippen molar-refractivity contribution < 1.29 is 4.42 Å². The standard InChI is InChI=1S/C7H11NO/c1-5(2)7-8-4-6(3)9-7/h4-5H,1-3H3. The van der Waals surface area contributed by atoms with Crippen molar-refractivity contribution in [2.24, 2.45) is 0 Å². The summed E-state index contributed by atoms with van der Waals surface area (Å²) in [6, 6.07) is 0. The molecule has 9 heavy (non-hydrogen) atoms. The second-order valence-electron chi connectivity index (χ2n) is 2.46. The van der Waals surface area contributed by atoms with E-state index in [4.69, 9.17) is 4.42 Å². The smallest absolute Gasteiger partial charge is 0.196 e. The van der Waals surface area contributed by atoms with Gasteiger partial charge < -0.3 is 4.42 Å². The molecule has 2 nitrogen and oxygen atoms in total. The van der Waals surface area contributed by atoms with E-state index in [-0.39, 0.29) is 0 Å². The Hall–Kier alpha value is -0.790. The van der Waals surface area contributed by atoms with Crippen molar-refractivity contribution in [3.63, 3.8) is 0 Å². The topological polar surface area (TPSA) is 26.0 Å². The largest absolute Gasteiger partial charge is 0.446 e. The van der Waals surface area contributed by atoms with E-state index in [0.29, 0.717) is 5.92 Å². The Labute approximate surface area is 54.9 Å². The first-order chi connectivity index (χ1) is 4.20. The van der Waals surface area contributed by atoms with Crippen molar-refractivity contribution in [1.82, 2.24) is 4.98 Å². The van der Waals surface area contributed by atoms with Gasteiger partial charge >= 0.3 is 0 Å². The lowest BCUT2D eigenvalue weighted by molar-refractivity contribution is 0.450. The van der Waals surface area contributed by atoms with Crippen molar-refractivity contribution in [2.45, 2.75) is 26.7 Å². The van der Waals surface area contributed by atoms with Crippen LogP contribution in [0, 0.1) is 6.92 Å². The number of rotatable bonds is 1. The highest BCUT2D eigenvalue weighted by atomic mass is 16.4. The molecule has 0 amide bonds. The fraction of sp³-hybridized carbons (Fsp3) is 0.571. The van der Waals surface area contributed by atoms with Gasteiger partial charge in [-0.3, -0.25) is 0 Å². The maximum atomic E-state index is 5.23. The highest BCUT2D eigenvalue weighted by molar-refractivity contribution is 4.93. The summed E-state index contributed by atoms with van der Waals surface area (Å²) in [7, 11) is 0. The molecule has 2 heteroatoms. The SMILES string of the molecule is Cc1cnc(C(C)C)o1. The average Bonchev–Trinajstić information content (AvgIpc) is 2.14. The van der Waals surface area contributed by atoms with Crippen LogP contribution in [0.2, 0.25) is 0 Å². The Kier molecular flexibility index (Phi) is 1.56. The summed E-state index contributed by atoms with van der Waals surface area (Å²) < 4.78 is 5.23. The Morgan fingerprint density at radius 1 is 1.56 bits per heavy atom. The highest BCUT2D eigenvalue weighted by Crippen LogP contribution is 2.12. The van der Waals surface area contributed by atoms with Crippen LogP contribution in [0.1, 0.15) is 31.4 Å². The molecular weight excluding hydrogens is 114 g/mol. The molecule has 0 atom stereocenters. The van der Waals surface area contributed by atoms with Crippen molar-refractivity contribution in [1.29, 1.82) is 0 Å². The van der Waals surface area contributed by atoms with Gasteiger partial charge in [-0.2, -0.15) is 0 Å². The molecule has 0 bridgehead atoms. The third kappa shape index (κ3) is 1.31. The molecule has 50 valence electrons. The van der Waals surface area contributed by atoms with Crippen molar-refractivity contribution >= 4 is 0 Å². The van der Waals surface area contributed by atoms with E-state index in [9.17, 15) is 0 Å². The lowest BCUT2D eigenvalue weighted by Crippen LogP contribution is -1.84. The summed E-state index contributed by atoms with van der Waals surface area (Å²) >= 11 is 0. The molecule has 0 radical (unpaired) electrons. The molecule has 0 unspecified atom stereocenters. The Balaban J connectivity index is 2.85. The van der Waals surface area contributed by atoms with Gasteiger partial charge in [0, 0.05) is 5.92 Å². The van der Waals surface area contributed by atoms with Crippen LogP contribution in [-0.2, 0) is 0 Å². The van der Waals surface area contributed by atoms with Crippen molar-refractivity contribution in [2.75, 3.05) is 0 Å². The maximum absolute atomic E-state index is 5.23. The zero-order chi connectivity index (χ0) is 6.85. The van der Waals surface area contributed by atoms with Gasteiger partial charge in [-0.15, -0.1) is 0 Å². The number of nitrogens with zero attached hydrogens (tertiary/aromatic N) is 1. The zero-order valence-electron chi connectivity index (χ0n) is 6.01. The quantitative estimate of drug-likeness (QED) is 0.574. The molecule has 0 saturated carbocycles. The van der Waals surface area contributed by atoms with Gasteiger partial charge in [-0.25, -0.2) is 4.98 Å². The van der Waals surface area contributed by atoms with E-state index >= 15 is 0 Å². The molecule has 1 aromatic heterocycles. The summed E-state index contributed by atoms with van der Waals surface area (Å²) in [5.74, 6) is 2.12. The predicted molar refractivity (Wildman–Crippen MR) is 35.3 cm³/mol. The lowest BCUT2D eigenvalue weighted by Gasteiger charge is -1.93. The second-order valence-corrected chi connectivity index (χ2v) is 2.46. The number of oxazole rings is 1. The Morgan fingerprint density at radius 2 is 2.22 bits per heavy atom. The normalized spacial score (nSPS) is 10.7. The number of hydrogen-bond donors (Lipinski definition) is 0. The molecule has 1 heterocycles. The van der Waals surface area contributed by atoms with E-state index in [1.54, 1.807) is 6.20 Å². The molecule has 0 aliphatic heterocycles. The highest BCUT2D eigenvalue weighted by Gasteiger charge is 2.03. The third-order valence-electron chi connectivity index (χ3n) is 1.13. The summed E-state index contributed by atoms with van der Waals surface area (Å²) in [6.07, 6.45) is 1.75. The van der Waals surface area contributed by atoms with Crippen LogP contribution in [0.4, 0.5) is 0 Å². The first kappa shape index (κ1) is 6.33. The molecular formula is C7H11NO. The molecule has 0 fully saturated rings. The summed E-state index contributed by atoms with van der Waals surface area (Å²) in [5, 5.41) is 0. The van der Waals surface area contributed by atoms with Crippen LogP contribution < -0.4 is 0 Å². The van der Waals surface area contributed by atoms with Crippen LogP contribution in [0.3, 0.4) is 0 Å². The van der Waals surface area contributed by atoms with Crippen LogP contribution in [0.15, 0.2) is 10.6 Å². The number of hydrogen-bond acceptors (Lipinski definition) is 2. The van der Waals surface area contributed by atoms with E-state index < -0.39 is 0 Å². The van der Waals surface area contributed by atoms with Crippen LogP contribution in [0.25, 0.3) is 0 Å². The molecule has 0 N–H and O–H groups in total. The zero-order valence-corrected chi connectivity index (χ0v) is 6.01. The minimum atomic E-state index is 0.402. The molecule has 0 aromatic carbocycles. The van der Waals surface area contributed by atoms with Crippen LogP contribution >= 0.6 is 0 Å². The van der Waals surface area contributed by atoms with Crippen LogP contribution in [0.5, 0.6) is 0 Å². The van der Waals surface area contributed by atoms with Gasteiger partial charge in [-0.1, -0.05) is 13.8 Å². The Morgan fingerprint density at radius 3 is 2.44 bits per heavy atom. The first-order valence-corrected chi connectivity index (χ1v) is 3.12. The monoisotopic (exact) mass is 125 g/mol. The minimum Gasteiger partial charge on any atom is -0.446 e. The number of aryl methyl sites for hydroxylation is 1. The van der Waals surface area contributed by atoms with Crippen molar-refractivity contribution in [3.05, 3.63) is 17.8 Å². The van der Waals surface area contributed by atoms with Gasteiger partial charge in [0.25, 0.3) is 0 Å². The van der Waals surface area contributed by atoms with E-state index in [0.717, 1.165) is 11.7 Å². The van der Waals surface area contributed by atoms with E-state index in [1.165, 1.54) is 0 Å². The van der Waals surface area contributed by atoms with Gasteiger partial charge in [-0.05, 0) is 6.92 Å². The van der Waals surface area contributed by atoms with E-state index in [2.05, 4.69) is 18.8 Å². The summed E-state index contributed by atoms with van der Waals surface area (Å²) in [4.78, 5) is 4.05. The third-order valence-corrected chi connectivity index (χ3v) is 1.13. The predicted octanol–water partition coefficient (Wildman–Crippen LogP) is 2.11. The molecule has 1 aromatic rings. The first-order valence-electron chi connectivity index (χ1n) is 3.12. The van der Waals surface area contributed by atoms with E-state index in [1.807, 2.05) is 6.92 Å². The van der Waals surface area contributed by atoms with Gasteiger partial charge in [0.05, 0.1) is 6.20 Å². The second kappa shape index (κ2) is 2.21. The maximum Gasteiger partial charge on any atom is 0.196 e. The summed E-state index contributed by atoms with van der Waals surface area (Å²) in [6.45, 7) is 6.02. The van der Waals surface area contributed by atoms with Crippen molar-refractivity contribution in [3.8, 4) is 0 Å². The summed E-state index contributed by atoms with van der Waals surface area (Å²) in [5.41, 5.74) is 0. The molecule has 0 aliphatic carbocycles. The van der Waals surface area contributed by atoms with Crippen LogP contribution in [-0.4, -0.2) is 4.98 Å².